The summed E-state index contributed by atoms with van der Waals surface area (Å²) in [7, 11) is -3.44. The second kappa shape index (κ2) is 5.03. The Morgan fingerprint density at radius 3 is 2.60 bits per heavy atom. The smallest absolute Gasteiger partial charge is 0.179 e. The van der Waals surface area contributed by atoms with Crippen molar-refractivity contribution in [3.05, 3.63) is 72.2 Å². The highest BCUT2D eigenvalue weighted by molar-refractivity contribution is 7.91. The first-order valence-corrected chi connectivity index (χ1v) is 9.84. The van der Waals surface area contributed by atoms with E-state index in [-0.39, 0.29) is 16.7 Å². The van der Waals surface area contributed by atoms with Gasteiger partial charge < -0.3 is 9.67 Å². The van der Waals surface area contributed by atoms with Crippen molar-refractivity contribution < 1.29 is 13.5 Å². The molecule has 2 aliphatic rings. The Labute approximate surface area is 145 Å². The van der Waals surface area contributed by atoms with Gasteiger partial charge in [-0.2, -0.15) is 0 Å². The Morgan fingerprint density at radius 2 is 1.76 bits per heavy atom. The number of aliphatic hydroxyl groups is 1. The Bertz CT molecular complexity index is 1090. The first-order chi connectivity index (χ1) is 12.1. The Balaban J connectivity index is 1.71. The number of nitrogens with zero attached hydrogens (tertiary/aromatic N) is 2. The number of imidazole rings is 1. The van der Waals surface area contributed by atoms with Gasteiger partial charge >= 0.3 is 0 Å². The molecule has 25 heavy (non-hydrogen) atoms. The molecule has 0 saturated carbocycles. The number of hydrogen-bond donors (Lipinski definition) is 1. The summed E-state index contributed by atoms with van der Waals surface area (Å²) in [5.41, 5.74) is 3.54. The van der Waals surface area contributed by atoms with Gasteiger partial charge in [-0.25, -0.2) is 13.4 Å². The summed E-state index contributed by atoms with van der Waals surface area (Å²) in [6.07, 6.45) is 2.67. The zero-order valence-corrected chi connectivity index (χ0v) is 14.1. The van der Waals surface area contributed by atoms with Gasteiger partial charge in [-0.15, -0.1) is 0 Å². The molecule has 3 heterocycles. The Morgan fingerprint density at radius 1 is 1.04 bits per heavy atom. The van der Waals surface area contributed by atoms with E-state index >= 15 is 0 Å². The Hall–Kier alpha value is -2.44. The van der Waals surface area contributed by atoms with Crippen LogP contribution in [0.4, 0.5) is 0 Å². The average molecular weight is 352 g/mol. The SMILES string of the molecule is O=S1(=O)C[C@@H](C2c3ccccc3-c3cncn32)[C@H](O)c2ccccc21. The summed E-state index contributed by atoms with van der Waals surface area (Å²) < 4.78 is 27.6. The van der Waals surface area contributed by atoms with Gasteiger partial charge in [0.25, 0.3) is 0 Å². The quantitative estimate of drug-likeness (QED) is 0.731. The summed E-state index contributed by atoms with van der Waals surface area (Å²) in [6.45, 7) is 0. The molecule has 0 amide bonds. The molecule has 1 N–H and O–H groups in total. The lowest BCUT2D eigenvalue weighted by atomic mass is 9.86. The van der Waals surface area contributed by atoms with Crippen LogP contribution in [-0.2, 0) is 9.84 Å². The minimum atomic E-state index is -3.44. The molecule has 3 atom stereocenters. The molecule has 1 aromatic heterocycles. The molecule has 3 aromatic rings. The van der Waals surface area contributed by atoms with E-state index in [1.54, 1.807) is 36.8 Å². The lowest BCUT2D eigenvalue weighted by molar-refractivity contribution is 0.0923. The average Bonchev–Trinajstić information content (AvgIpc) is 3.19. The van der Waals surface area contributed by atoms with Gasteiger partial charge in [-0.3, -0.25) is 0 Å². The predicted molar refractivity (Wildman–Crippen MR) is 92.7 cm³/mol. The van der Waals surface area contributed by atoms with Gasteiger partial charge in [0.1, 0.15) is 0 Å². The van der Waals surface area contributed by atoms with Crippen molar-refractivity contribution >= 4 is 9.84 Å². The minimum Gasteiger partial charge on any atom is -0.388 e. The highest BCUT2D eigenvalue weighted by Gasteiger charge is 2.45. The van der Waals surface area contributed by atoms with Gasteiger partial charge in [0.2, 0.25) is 0 Å². The largest absolute Gasteiger partial charge is 0.388 e. The first kappa shape index (κ1) is 14.9. The van der Waals surface area contributed by atoms with Crippen LogP contribution in [0.25, 0.3) is 11.3 Å². The van der Waals surface area contributed by atoms with Crippen LogP contribution in [-0.4, -0.2) is 28.8 Å². The third-order valence-electron chi connectivity index (χ3n) is 5.32. The van der Waals surface area contributed by atoms with Crippen molar-refractivity contribution in [2.45, 2.75) is 17.0 Å². The molecule has 0 aliphatic carbocycles. The maximum absolute atomic E-state index is 12.8. The van der Waals surface area contributed by atoms with E-state index in [0.29, 0.717) is 5.56 Å². The third kappa shape index (κ3) is 1.98. The highest BCUT2D eigenvalue weighted by atomic mass is 32.2. The summed E-state index contributed by atoms with van der Waals surface area (Å²) in [5, 5.41) is 11.0. The van der Waals surface area contributed by atoms with Crippen molar-refractivity contribution in [3.8, 4) is 11.3 Å². The van der Waals surface area contributed by atoms with Crippen LogP contribution in [0.15, 0.2) is 66.0 Å². The molecule has 6 heteroatoms. The van der Waals surface area contributed by atoms with E-state index in [1.165, 1.54) is 0 Å². The van der Waals surface area contributed by atoms with Crippen molar-refractivity contribution in [1.82, 2.24) is 9.55 Å². The molecule has 0 radical (unpaired) electrons. The van der Waals surface area contributed by atoms with Crippen molar-refractivity contribution in [1.29, 1.82) is 0 Å². The van der Waals surface area contributed by atoms with Crippen LogP contribution in [0.2, 0.25) is 0 Å². The van der Waals surface area contributed by atoms with E-state index < -0.39 is 21.9 Å². The van der Waals surface area contributed by atoms with Crippen molar-refractivity contribution in [3.63, 3.8) is 0 Å². The number of fused-ring (bicyclic) bond motifs is 4. The lowest BCUT2D eigenvalue weighted by Gasteiger charge is -2.34. The molecule has 0 spiro atoms. The molecule has 2 aliphatic heterocycles. The van der Waals surface area contributed by atoms with E-state index in [0.717, 1.165) is 16.8 Å². The van der Waals surface area contributed by atoms with Crippen LogP contribution in [0, 0.1) is 5.92 Å². The standard InChI is InChI=1S/C19H16N2O3S/c22-19-14-7-3-4-8-17(14)25(23,24)10-15(19)18-13-6-2-1-5-12(13)16-9-20-11-21(16)18/h1-9,11,15,18-19,22H,10H2/t15-,18?,19+/m0/s1. The molecule has 0 fully saturated rings. The van der Waals surface area contributed by atoms with Crippen molar-refractivity contribution in [2.75, 3.05) is 5.75 Å². The molecular weight excluding hydrogens is 336 g/mol. The second-order valence-corrected chi connectivity index (χ2v) is 8.65. The summed E-state index contributed by atoms with van der Waals surface area (Å²) in [6, 6.07) is 14.4. The maximum Gasteiger partial charge on any atom is 0.179 e. The molecule has 0 bridgehead atoms. The molecule has 0 saturated heterocycles. The third-order valence-corrected chi connectivity index (χ3v) is 7.18. The van der Waals surface area contributed by atoms with E-state index in [1.807, 2.05) is 28.8 Å². The fourth-order valence-electron chi connectivity index (χ4n) is 4.25. The number of benzene rings is 2. The summed E-state index contributed by atoms with van der Waals surface area (Å²) in [5.74, 6) is -0.543. The van der Waals surface area contributed by atoms with E-state index in [2.05, 4.69) is 4.98 Å². The molecule has 1 unspecified atom stereocenters. The predicted octanol–water partition coefficient (Wildman–Crippen LogP) is 2.59. The van der Waals surface area contributed by atoms with Crippen LogP contribution < -0.4 is 0 Å². The number of sulfone groups is 1. The number of aliphatic hydroxyl groups excluding tert-OH is 1. The first-order valence-electron chi connectivity index (χ1n) is 8.19. The van der Waals surface area contributed by atoms with Gasteiger partial charge in [0, 0.05) is 11.5 Å². The maximum atomic E-state index is 12.8. The van der Waals surface area contributed by atoms with Gasteiger partial charge in [-0.05, 0) is 17.2 Å². The van der Waals surface area contributed by atoms with E-state index in [4.69, 9.17) is 0 Å². The monoisotopic (exact) mass is 352 g/mol. The van der Waals surface area contributed by atoms with Gasteiger partial charge in [0.05, 0.1) is 41.0 Å². The second-order valence-electron chi connectivity index (χ2n) is 6.65. The fourth-order valence-corrected chi connectivity index (χ4v) is 6.13. The highest BCUT2D eigenvalue weighted by Crippen LogP contribution is 2.49. The minimum absolute atomic E-state index is 0.0815. The zero-order valence-electron chi connectivity index (χ0n) is 13.3. The molecule has 5 nitrogen and oxygen atoms in total. The van der Waals surface area contributed by atoms with E-state index in [9.17, 15) is 13.5 Å². The molecule has 5 rings (SSSR count). The van der Waals surface area contributed by atoms with Crippen LogP contribution in [0.1, 0.15) is 23.3 Å². The van der Waals surface area contributed by atoms with Crippen LogP contribution >= 0.6 is 0 Å². The van der Waals surface area contributed by atoms with Crippen LogP contribution in [0.3, 0.4) is 0 Å². The number of hydrogen-bond acceptors (Lipinski definition) is 4. The molecule has 126 valence electrons. The fraction of sp³-hybridized carbons (Fsp3) is 0.211. The normalized spacial score (nSPS) is 25.9. The number of rotatable bonds is 1. The summed E-state index contributed by atoms with van der Waals surface area (Å²) in [4.78, 5) is 4.47. The topological polar surface area (TPSA) is 72.2 Å². The lowest BCUT2D eigenvalue weighted by Crippen LogP contribution is -2.35. The van der Waals surface area contributed by atoms with Gasteiger partial charge in [0.15, 0.2) is 9.84 Å². The van der Waals surface area contributed by atoms with Crippen molar-refractivity contribution in [2.24, 2.45) is 5.92 Å². The number of aromatic nitrogens is 2. The van der Waals surface area contributed by atoms with Gasteiger partial charge in [-0.1, -0.05) is 42.5 Å². The zero-order chi connectivity index (χ0) is 17.2. The molecule has 2 aromatic carbocycles. The Kier molecular flexibility index (Phi) is 2.99. The molecular formula is C19H16N2O3S. The van der Waals surface area contributed by atoms with Crippen LogP contribution in [0.5, 0.6) is 0 Å². The summed E-state index contributed by atoms with van der Waals surface area (Å²) >= 11 is 0.